The molecule has 0 saturated carbocycles. The lowest BCUT2D eigenvalue weighted by molar-refractivity contribution is -0.122. The van der Waals surface area contributed by atoms with Crippen molar-refractivity contribution in [3.05, 3.63) is 34.9 Å². The van der Waals surface area contributed by atoms with E-state index in [-0.39, 0.29) is 19.0 Å². The molecule has 1 rings (SSSR count). The third-order valence-corrected chi connectivity index (χ3v) is 4.37. The molecule has 1 aromatic carbocycles. The van der Waals surface area contributed by atoms with E-state index in [4.69, 9.17) is 11.6 Å². The lowest BCUT2D eigenvalue weighted by Gasteiger charge is -2.24. The van der Waals surface area contributed by atoms with E-state index in [1.54, 1.807) is 12.1 Å². The minimum atomic E-state index is -3.45. The maximum absolute atomic E-state index is 11.9. The molecular formula is C15H23ClN2O3S. The normalized spacial score (nSPS) is 12.5. The van der Waals surface area contributed by atoms with Gasteiger partial charge in [-0.3, -0.25) is 4.79 Å². The molecule has 0 aliphatic rings. The van der Waals surface area contributed by atoms with Crippen molar-refractivity contribution in [2.75, 3.05) is 19.3 Å². The van der Waals surface area contributed by atoms with Crippen LogP contribution in [-0.2, 0) is 21.2 Å². The number of nitrogens with one attached hydrogen (secondary N) is 1. The van der Waals surface area contributed by atoms with Crippen LogP contribution in [0.3, 0.4) is 0 Å². The van der Waals surface area contributed by atoms with E-state index in [9.17, 15) is 13.2 Å². The Balaban J connectivity index is 2.70. The van der Waals surface area contributed by atoms with Gasteiger partial charge in [-0.05, 0) is 44.9 Å². The molecule has 7 heteroatoms. The van der Waals surface area contributed by atoms with Crippen molar-refractivity contribution in [3.63, 3.8) is 0 Å². The highest BCUT2D eigenvalue weighted by molar-refractivity contribution is 7.88. The second kappa shape index (κ2) is 7.44. The van der Waals surface area contributed by atoms with E-state index < -0.39 is 15.6 Å². The van der Waals surface area contributed by atoms with E-state index in [1.807, 2.05) is 32.9 Å². The van der Waals surface area contributed by atoms with E-state index in [0.29, 0.717) is 11.4 Å². The molecule has 22 heavy (non-hydrogen) atoms. The highest BCUT2D eigenvalue weighted by atomic mass is 35.5. The van der Waals surface area contributed by atoms with Gasteiger partial charge in [0.05, 0.1) is 12.8 Å². The number of amides is 1. The van der Waals surface area contributed by atoms with Crippen molar-refractivity contribution in [2.24, 2.45) is 0 Å². The van der Waals surface area contributed by atoms with Crippen LogP contribution in [0.1, 0.15) is 26.3 Å². The number of nitrogens with zero attached hydrogens (tertiary/aromatic N) is 1. The average molecular weight is 347 g/mol. The van der Waals surface area contributed by atoms with Gasteiger partial charge < -0.3 is 5.32 Å². The lowest BCUT2D eigenvalue weighted by Crippen LogP contribution is -2.47. The summed E-state index contributed by atoms with van der Waals surface area (Å²) in [5, 5.41) is 3.40. The molecule has 0 atom stereocenters. The van der Waals surface area contributed by atoms with Gasteiger partial charge in [-0.25, -0.2) is 8.42 Å². The van der Waals surface area contributed by atoms with Crippen LogP contribution >= 0.6 is 11.6 Å². The number of hydrogen-bond acceptors (Lipinski definition) is 3. The van der Waals surface area contributed by atoms with Crippen LogP contribution in [0.5, 0.6) is 0 Å². The van der Waals surface area contributed by atoms with Crippen molar-refractivity contribution >= 4 is 27.5 Å². The zero-order chi connectivity index (χ0) is 17.0. The van der Waals surface area contributed by atoms with E-state index in [1.165, 1.54) is 4.31 Å². The lowest BCUT2D eigenvalue weighted by atomic mass is 10.1. The first-order valence-electron chi connectivity index (χ1n) is 6.98. The van der Waals surface area contributed by atoms with Crippen LogP contribution in [-0.4, -0.2) is 43.5 Å². The number of benzene rings is 1. The molecule has 1 aromatic rings. The Morgan fingerprint density at radius 2 is 1.77 bits per heavy atom. The fourth-order valence-corrected chi connectivity index (χ4v) is 2.79. The molecule has 0 aliphatic carbocycles. The third kappa shape index (κ3) is 7.24. The van der Waals surface area contributed by atoms with Gasteiger partial charge in [0, 0.05) is 17.1 Å². The summed E-state index contributed by atoms with van der Waals surface area (Å²) in [7, 11) is -3.45. The van der Waals surface area contributed by atoms with E-state index in [2.05, 4.69) is 5.32 Å². The predicted octanol–water partition coefficient (Wildman–Crippen LogP) is 2.06. The standard InChI is InChI=1S/C15H23ClN2O3S/c1-15(2,3)17-14(19)11-18(22(4,20)21)10-9-12-5-7-13(16)8-6-12/h5-8H,9-11H2,1-4H3,(H,17,19). The Bertz CT molecular complexity index is 607. The van der Waals surface area contributed by atoms with Crippen LogP contribution in [0.2, 0.25) is 5.02 Å². The Labute approximate surface area is 137 Å². The fourth-order valence-electron chi connectivity index (χ4n) is 1.88. The van der Waals surface area contributed by atoms with Gasteiger partial charge in [-0.2, -0.15) is 4.31 Å². The maximum atomic E-state index is 11.9. The molecule has 0 saturated heterocycles. The smallest absolute Gasteiger partial charge is 0.235 e. The summed E-state index contributed by atoms with van der Waals surface area (Å²) in [6.45, 7) is 5.62. The van der Waals surface area contributed by atoms with Gasteiger partial charge in [0.2, 0.25) is 15.9 Å². The predicted molar refractivity (Wildman–Crippen MR) is 89.5 cm³/mol. The Hall–Kier alpha value is -1.11. The summed E-state index contributed by atoms with van der Waals surface area (Å²) in [4.78, 5) is 11.9. The Morgan fingerprint density at radius 1 is 1.23 bits per heavy atom. The largest absolute Gasteiger partial charge is 0.350 e. The molecule has 0 aromatic heterocycles. The molecule has 0 heterocycles. The minimum absolute atomic E-state index is 0.177. The minimum Gasteiger partial charge on any atom is -0.350 e. The van der Waals surface area contributed by atoms with Crippen molar-refractivity contribution in [1.29, 1.82) is 0 Å². The highest BCUT2D eigenvalue weighted by Gasteiger charge is 2.22. The summed E-state index contributed by atoms with van der Waals surface area (Å²) in [5.41, 5.74) is 0.575. The second-order valence-corrected chi connectivity index (χ2v) is 8.69. The molecule has 0 unspecified atom stereocenters. The monoisotopic (exact) mass is 346 g/mol. The van der Waals surface area contributed by atoms with Gasteiger partial charge in [-0.1, -0.05) is 23.7 Å². The molecule has 1 amide bonds. The average Bonchev–Trinajstić information content (AvgIpc) is 2.32. The van der Waals surface area contributed by atoms with E-state index >= 15 is 0 Å². The first-order valence-corrected chi connectivity index (χ1v) is 9.20. The summed E-state index contributed by atoms with van der Waals surface area (Å²) in [6.07, 6.45) is 1.63. The molecule has 5 nitrogen and oxygen atoms in total. The second-order valence-electron chi connectivity index (χ2n) is 6.27. The van der Waals surface area contributed by atoms with E-state index in [0.717, 1.165) is 11.8 Å². The Kier molecular flexibility index (Phi) is 6.40. The zero-order valence-electron chi connectivity index (χ0n) is 13.4. The van der Waals surface area contributed by atoms with Crippen molar-refractivity contribution in [3.8, 4) is 0 Å². The van der Waals surface area contributed by atoms with Crippen molar-refractivity contribution < 1.29 is 13.2 Å². The van der Waals surface area contributed by atoms with Gasteiger partial charge in [0.25, 0.3) is 0 Å². The van der Waals surface area contributed by atoms with Crippen LogP contribution in [0, 0.1) is 0 Å². The van der Waals surface area contributed by atoms with Gasteiger partial charge in [0.1, 0.15) is 0 Å². The number of carbonyl (C=O) groups excluding carboxylic acids is 1. The summed E-state index contributed by atoms with van der Waals surface area (Å²) >= 11 is 5.82. The maximum Gasteiger partial charge on any atom is 0.235 e. The molecular weight excluding hydrogens is 324 g/mol. The highest BCUT2D eigenvalue weighted by Crippen LogP contribution is 2.11. The number of sulfonamides is 1. The van der Waals surface area contributed by atoms with Crippen LogP contribution < -0.4 is 5.32 Å². The molecule has 124 valence electrons. The van der Waals surface area contributed by atoms with Crippen molar-refractivity contribution in [1.82, 2.24) is 9.62 Å². The fraction of sp³-hybridized carbons (Fsp3) is 0.533. The van der Waals surface area contributed by atoms with Crippen LogP contribution in [0.4, 0.5) is 0 Å². The van der Waals surface area contributed by atoms with Crippen LogP contribution in [0.25, 0.3) is 0 Å². The molecule has 0 spiro atoms. The Morgan fingerprint density at radius 3 is 2.23 bits per heavy atom. The summed E-state index contributed by atoms with van der Waals surface area (Å²) < 4.78 is 24.8. The molecule has 1 N–H and O–H groups in total. The third-order valence-electron chi connectivity index (χ3n) is 2.87. The number of halogens is 1. The number of rotatable bonds is 6. The topological polar surface area (TPSA) is 66.5 Å². The zero-order valence-corrected chi connectivity index (χ0v) is 15.0. The van der Waals surface area contributed by atoms with Crippen LogP contribution in [0.15, 0.2) is 24.3 Å². The number of hydrogen-bond donors (Lipinski definition) is 1. The van der Waals surface area contributed by atoms with Gasteiger partial charge >= 0.3 is 0 Å². The first kappa shape index (κ1) is 18.9. The molecule has 0 aliphatic heterocycles. The molecule has 0 radical (unpaired) electrons. The summed E-state index contributed by atoms with van der Waals surface area (Å²) in [6, 6.07) is 7.21. The first-order chi connectivity index (χ1) is 9.97. The summed E-state index contributed by atoms with van der Waals surface area (Å²) in [5.74, 6) is -0.311. The molecule has 0 bridgehead atoms. The SMILES string of the molecule is CC(C)(C)NC(=O)CN(CCc1ccc(Cl)cc1)S(C)(=O)=O. The quantitative estimate of drug-likeness (QED) is 0.857. The number of carbonyl (C=O) groups is 1. The van der Waals surface area contributed by atoms with Crippen molar-refractivity contribution in [2.45, 2.75) is 32.7 Å². The molecule has 0 fully saturated rings. The van der Waals surface area contributed by atoms with Gasteiger partial charge in [0.15, 0.2) is 0 Å². The van der Waals surface area contributed by atoms with Gasteiger partial charge in [-0.15, -0.1) is 0 Å².